The van der Waals surface area contributed by atoms with Crippen LogP contribution in [0.2, 0.25) is 0 Å². The van der Waals surface area contributed by atoms with Crippen molar-refractivity contribution >= 4 is 6.03 Å². The van der Waals surface area contributed by atoms with Gasteiger partial charge < -0.3 is 20.2 Å². The summed E-state index contributed by atoms with van der Waals surface area (Å²) in [5.74, 6) is 0.624. The highest BCUT2D eigenvalue weighted by Gasteiger charge is 2.42. The van der Waals surface area contributed by atoms with Crippen LogP contribution in [0.15, 0.2) is 0 Å². The number of aliphatic hydroxyl groups excluding tert-OH is 1. The molecule has 2 aliphatic rings. The summed E-state index contributed by atoms with van der Waals surface area (Å²) in [6, 6.07) is 0.523. The van der Waals surface area contributed by atoms with Crippen molar-refractivity contribution in [3.63, 3.8) is 0 Å². The predicted octanol–water partition coefficient (Wildman–Crippen LogP) is 0.883. The summed E-state index contributed by atoms with van der Waals surface area (Å²) < 4.78 is 0. The summed E-state index contributed by atoms with van der Waals surface area (Å²) in [5.41, 5.74) is -0.127. The highest BCUT2D eigenvalue weighted by atomic mass is 16.3. The van der Waals surface area contributed by atoms with Crippen LogP contribution < -0.4 is 5.32 Å². The number of hydrogen-bond acceptors (Lipinski definition) is 3. The van der Waals surface area contributed by atoms with E-state index in [1.807, 2.05) is 4.90 Å². The van der Waals surface area contributed by atoms with Crippen molar-refractivity contribution in [3.8, 4) is 0 Å². The third-order valence-electron chi connectivity index (χ3n) is 4.49. The lowest BCUT2D eigenvalue weighted by Crippen LogP contribution is -2.56. The van der Waals surface area contributed by atoms with Gasteiger partial charge in [0.15, 0.2) is 0 Å². The number of rotatable bonds is 4. The molecule has 0 aromatic heterocycles. The first kappa shape index (κ1) is 14.6. The van der Waals surface area contributed by atoms with Crippen LogP contribution in [0.3, 0.4) is 0 Å². The van der Waals surface area contributed by atoms with Gasteiger partial charge in [0.05, 0.1) is 6.61 Å². The molecule has 1 saturated heterocycles. The molecule has 1 atom stereocenters. The SMILES string of the molecule is CN(C)C(=O)N1CCC(NC(C)(CO)C2CC2)CC1. The number of carbonyl (C=O) groups excluding carboxylic acids is 1. The van der Waals surface area contributed by atoms with Crippen LogP contribution in [0.25, 0.3) is 0 Å². The second-order valence-electron chi connectivity index (χ2n) is 6.43. The maximum atomic E-state index is 11.9. The quantitative estimate of drug-likeness (QED) is 0.797. The topological polar surface area (TPSA) is 55.8 Å². The van der Waals surface area contributed by atoms with E-state index in [4.69, 9.17) is 0 Å². The van der Waals surface area contributed by atoms with Gasteiger partial charge >= 0.3 is 6.03 Å². The van der Waals surface area contributed by atoms with E-state index in [1.165, 1.54) is 12.8 Å². The fraction of sp³-hybridized carbons (Fsp3) is 0.929. The predicted molar refractivity (Wildman–Crippen MR) is 75.0 cm³/mol. The minimum absolute atomic E-state index is 0.102. The van der Waals surface area contributed by atoms with Crippen molar-refractivity contribution in [3.05, 3.63) is 0 Å². The van der Waals surface area contributed by atoms with Crippen LogP contribution in [0.4, 0.5) is 4.79 Å². The van der Waals surface area contributed by atoms with Crippen LogP contribution in [-0.2, 0) is 0 Å². The molecule has 1 heterocycles. The Bertz CT molecular complexity index is 323. The van der Waals surface area contributed by atoms with Crippen LogP contribution in [0.5, 0.6) is 0 Å². The van der Waals surface area contributed by atoms with Gasteiger partial charge in [0.2, 0.25) is 0 Å². The second kappa shape index (κ2) is 5.67. The Kier molecular flexibility index (Phi) is 4.36. The van der Waals surface area contributed by atoms with E-state index in [-0.39, 0.29) is 18.2 Å². The van der Waals surface area contributed by atoms with Gasteiger partial charge in [-0.15, -0.1) is 0 Å². The molecular weight excluding hydrogens is 242 g/mol. The number of hydrogen-bond donors (Lipinski definition) is 2. The fourth-order valence-electron chi connectivity index (χ4n) is 2.98. The maximum absolute atomic E-state index is 11.9. The molecule has 5 nitrogen and oxygen atoms in total. The van der Waals surface area contributed by atoms with E-state index in [2.05, 4.69) is 12.2 Å². The van der Waals surface area contributed by atoms with Gasteiger partial charge in [-0.2, -0.15) is 0 Å². The molecule has 1 aliphatic heterocycles. The number of likely N-dealkylation sites (tertiary alicyclic amines) is 1. The Morgan fingerprint density at radius 2 is 1.89 bits per heavy atom. The molecule has 2 rings (SSSR count). The van der Waals surface area contributed by atoms with Crippen LogP contribution >= 0.6 is 0 Å². The summed E-state index contributed by atoms with van der Waals surface area (Å²) in [6.07, 6.45) is 4.40. The van der Waals surface area contributed by atoms with E-state index in [1.54, 1.807) is 19.0 Å². The zero-order chi connectivity index (χ0) is 14.0. The number of urea groups is 1. The molecule has 0 aromatic rings. The highest BCUT2D eigenvalue weighted by Crippen LogP contribution is 2.39. The van der Waals surface area contributed by atoms with Gasteiger partial charge in [-0.1, -0.05) is 0 Å². The number of carbonyl (C=O) groups is 1. The third kappa shape index (κ3) is 3.39. The van der Waals surface area contributed by atoms with E-state index in [9.17, 15) is 9.90 Å². The third-order valence-corrected chi connectivity index (χ3v) is 4.49. The van der Waals surface area contributed by atoms with E-state index in [0.29, 0.717) is 12.0 Å². The smallest absolute Gasteiger partial charge is 0.319 e. The number of piperidine rings is 1. The van der Waals surface area contributed by atoms with Gasteiger partial charge in [-0.3, -0.25) is 0 Å². The normalized spacial score (nSPS) is 24.1. The van der Waals surface area contributed by atoms with Crippen LogP contribution in [0.1, 0.15) is 32.6 Å². The molecule has 5 heteroatoms. The van der Waals surface area contributed by atoms with Crippen LogP contribution in [0, 0.1) is 5.92 Å². The number of amides is 2. The molecule has 2 N–H and O–H groups in total. The molecular formula is C14H27N3O2. The molecule has 0 aromatic carbocycles. The first-order valence-electron chi connectivity index (χ1n) is 7.31. The molecule has 2 amide bonds. The minimum Gasteiger partial charge on any atom is -0.394 e. The lowest BCUT2D eigenvalue weighted by atomic mass is 9.93. The van der Waals surface area contributed by atoms with E-state index in [0.717, 1.165) is 25.9 Å². The zero-order valence-corrected chi connectivity index (χ0v) is 12.4. The maximum Gasteiger partial charge on any atom is 0.319 e. The Morgan fingerprint density at radius 3 is 2.32 bits per heavy atom. The first-order valence-corrected chi connectivity index (χ1v) is 7.31. The lowest BCUT2D eigenvalue weighted by Gasteiger charge is -2.39. The molecule has 2 fully saturated rings. The second-order valence-corrected chi connectivity index (χ2v) is 6.43. The molecule has 0 bridgehead atoms. The largest absolute Gasteiger partial charge is 0.394 e. The summed E-state index contributed by atoms with van der Waals surface area (Å²) >= 11 is 0. The molecule has 1 saturated carbocycles. The molecule has 1 unspecified atom stereocenters. The fourth-order valence-corrected chi connectivity index (χ4v) is 2.98. The van der Waals surface area contributed by atoms with E-state index >= 15 is 0 Å². The van der Waals surface area contributed by atoms with Crippen molar-refractivity contribution in [2.75, 3.05) is 33.8 Å². The molecule has 110 valence electrons. The van der Waals surface area contributed by atoms with Crippen molar-refractivity contribution in [2.24, 2.45) is 5.92 Å². The van der Waals surface area contributed by atoms with Gasteiger partial charge in [-0.05, 0) is 38.5 Å². The zero-order valence-electron chi connectivity index (χ0n) is 12.4. The summed E-state index contributed by atoms with van der Waals surface area (Å²) in [7, 11) is 3.59. The van der Waals surface area contributed by atoms with Gasteiger partial charge in [0.25, 0.3) is 0 Å². The lowest BCUT2D eigenvalue weighted by molar-refractivity contribution is 0.114. The number of nitrogens with zero attached hydrogens (tertiary/aromatic N) is 2. The average Bonchev–Trinajstić information content (AvgIpc) is 3.23. The van der Waals surface area contributed by atoms with Crippen molar-refractivity contribution in [1.82, 2.24) is 15.1 Å². The van der Waals surface area contributed by atoms with Gasteiger partial charge in [0, 0.05) is 38.8 Å². The van der Waals surface area contributed by atoms with Gasteiger partial charge in [-0.25, -0.2) is 4.79 Å². The number of aliphatic hydroxyl groups is 1. The van der Waals surface area contributed by atoms with Crippen molar-refractivity contribution < 1.29 is 9.90 Å². The standard InChI is InChI=1S/C14H27N3O2/c1-14(10-18,11-4-5-11)15-12-6-8-17(9-7-12)13(19)16(2)3/h11-12,15,18H,4-10H2,1-3H3. The Labute approximate surface area is 115 Å². The summed E-state index contributed by atoms with van der Waals surface area (Å²) in [6.45, 7) is 3.94. The summed E-state index contributed by atoms with van der Waals surface area (Å²) in [4.78, 5) is 15.4. The Hall–Kier alpha value is -0.810. The monoisotopic (exact) mass is 269 g/mol. The molecule has 19 heavy (non-hydrogen) atoms. The first-order chi connectivity index (χ1) is 8.96. The highest BCUT2D eigenvalue weighted by molar-refractivity contribution is 5.73. The molecule has 0 spiro atoms. The van der Waals surface area contributed by atoms with Crippen molar-refractivity contribution in [2.45, 2.75) is 44.2 Å². The van der Waals surface area contributed by atoms with E-state index < -0.39 is 0 Å². The molecule has 0 radical (unpaired) electrons. The average molecular weight is 269 g/mol. The molecule has 1 aliphatic carbocycles. The van der Waals surface area contributed by atoms with Gasteiger partial charge in [0.1, 0.15) is 0 Å². The van der Waals surface area contributed by atoms with Crippen molar-refractivity contribution in [1.29, 1.82) is 0 Å². The minimum atomic E-state index is -0.127. The number of nitrogens with one attached hydrogen (secondary N) is 1. The van der Waals surface area contributed by atoms with Crippen LogP contribution in [-0.4, -0.2) is 66.3 Å². The Morgan fingerprint density at radius 1 is 1.32 bits per heavy atom. The summed E-state index contributed by atoms with van der Waals surface area (Å²) in [5, 5.41) is 13.2. The Balaban J connectivity index is 1.81.